The van der Waals surface area contributed by atoms with E-state index < -0.39 is 0 Å². The Morgan fingerprint density at radius 3 is 0.846 bits per heavy atom. The Bertz CT molecular complexity index is 253. The second-order valence-electron chi connectivity index (χ2n) is 8.12. The van der Waals surface area contributed by atoms with E-state index >= 15 is 0 Å². The average Bonchev–Trinajstić information content (AvgIpc) is 2.66. The van der Waals surface area contributed by atoms with E-state index in [0.717, 1.165) is 12.8 Å². The summed E-state index contributed by atoms with van der Waals surface area (Å²) in [5, 5.41) is 0. The highest BCUT2D eigenvalue weighted by Gasteiger charge is 1.94. The molecule has 0 saturated heterocycles. The SMILES string of the molecule is [CH2]CCCCC/C=C/CCCCCCCCCCCCCCCCC[CH2]. The van der Waals surface area contributed by atoms with Crippen LogP contribution >= 0.6 is 0 Å². The van der Waals surface area contributed by atoms with Gasteiger partial charge in [-0.05, 0) is 25.7 Å². The van der Waals surface area contributed by atoms with Gasteiger partial charge in [-0.25, -0.2) is 0 Å². The van der Waals surface area contributed by atoms with Crippen LogP contribution in [0.2, 0.25) is 0 Å². The summed E-state index contributed by atoms with van der Waals surface area (Å²) >= 11 is 0. The predicted octanol–water partition coefficient (Wildman–Crippen LogP) is 9.79. The van der Waals surface area contributed by atoms with Crippen molar-refractivity contribution in [3.8, 4) is 0 Å². The first-order valence-corrected chi connectivity index (χ1v) is 12.1. The molecule has 0 aliphatic heterocycles. The lowest BCUT2D eigenvalue weighted by atomic mass is 10.0. The minimum atomic E-state index is 1.10. The zero-order valence-electron chi connectivity index (χ0n) is 18.1. The summed E-state index contributed by atoms with van der Waals surface area (Å²) in [7, 11) is 0. The van der Waals surface area contributed by atoms with Crippen LogP contribution < -0.4 is 0 Å². The second kappa shape index (κ2) is 24.7. The zero-order valence-corrected chi connectivity index (χ0v) is 18.1. The van der Waals surface area contributed by atoms with Crippen LogP contribution in [-0.4, -0.2) is 0 Å². The van der Waals surface area contributed by atoms with Crippen molar-refractivity contribution < 1.29 is 0 Å². The van der Waals surface area contributed by atoms with Crippen molar-refractivity contribution in [2.24, 2.45) is 0 Å². The monoisotopic (exact) mass is 362 g/mol. The van der Waals surface area contributed by atoms with Gasteiger partial charge in [0.15, 0.2) is 0 Å². The van der Waals surface area contributed by atoms with Gasteiger partial charge in [0.05, 0.1) is 0 Å². The van der Waals surface area contributed by atoms with Crippen LogP contribution in [0.1, 0.15) is 141 Å². The lowest BCUT2D eigenvalue weighted by molar-refractivity contribution is 0.531. The first-order chi connectivity index (χ1) is 12.9. The van der Waals surface area contributed by atoms with Gasteiger partial charge in [-0.1, -0.05) is 142 Å². The topological polar surface area (TPSA) is 0 Å². The second-order valence-corrected chi connectivity index (χ2v) is 8.12. The van der Waals surface area contributed by atoms with Crippen molar-refractivity contribution in [1.29, 1.82) is 0 Å². The normalized spacial score (nSPS) is 11.6. The van der Waals surface area contributed by atoms with Crippen molar-refractivity contribution in [3.05, 3.63) is 26.0 Å². The van der Waals surface area contributed by atoms with Crippen molar-refractivity contribution in [1.82, 2.24) is 0 Å². The molecule has 0 saturated carbocycles. The number of rotatable bonds is 22. The molecule has 0 amide bonds. The summed E-state index contributed by atoms with van der Waals surface area (Å²) in [5.74, 6) is 0. The highest BCUT2D eigenvalue weighted by molar-refractivity contribution is 4.81. The first kappa shape index (κ1) is 25.7. The maximum atomic E-state index is 3.91. The Hall–Kier alpha value is -0.260. The fourth-order valence-electron chi connectivity index (χ4n) is 3.59. The van der Waals surface area contributed by atoms with E-state index in [4.69, 9.17) is 0 Å². The molecular weight excluding hydrogens is 312 g/mol. The van der Waals surface area contributed by atoms with E-state index in [2.05, 4.69) is 26.0 Å². The number of hydrogen-bond acceptors (Lipinski definition) is 0. The molecule has 0 heterocycles. The fourth-order valence-corrected chi connectivity index (χ4v) is 3.59. The molecule has 0 nitrogen and oxygen atoms in total. The lowest BCUT2D eigenvalue weighted by Gasteiger charge is -2.03. The molecule has 0 atom stereocenters. The molecule has 0 aromatic carbocycles. The Morgan fingerprint density at radius 2 is 0.538 bits per heavy atom. The summed E-state index contributed by atoms with van der Waals surface area (Å²) in [4.78, 5) is 0. The minimum Gasteiger partial charge on any atom is -0.0885 e. The highest BCUT2D eigenvalue weighted by atomic mass is 14.0. The van der Waals surface area contributed by atoms with E-state index in [1.807, 2.05) is 0 Å². The zero-order chi connectivity index (χ0) is 19.0. The van der Waals surface area contributed by atoms with E-state index in [1.165, 1.54) is 128 Å². The number of hydrogen-bond donors (Lipinski definition) is 0. The Kier molecular flexibility index (Phi) is 24.5. The summed E-state index contributed by atoms with van der Waals surface area (Å²) < 4.78 is 0. The summed E-state index contributed by atoms with van der Waals surface area (Å²) in [5.41, 5.74) is 0. The number of allylic oxidation sites excluding steroid dienone is 2. The van der Waals surface area contributed by atoms with E-state index in [1.54, 1.807) is 0 Å². The van der Waals surface area contributed by atoms with Crippen molar-refractivity contribution in [2.75, 3.05) is 0 Å². The van der Waals surface area contributed by atoms with Gasteiger partial charge in [0.1, 0.15) is 0 Å². The smallest absolute Gasteiger partial charge is 0.0351 e. The van der Waals surface area contributed by atoms with Gasteiger partial charge in [-0.3, -0.25) is 0 Å². The molecule has 0 aromatic rings. The van der Waals surface area contributed by atoms with E-state index in [9.17, 15) is 0 Å². The Morgan fingerprint density at radius 1 is 0.308 bits per heavy atom. The molecule has 26 heavy (non-hydrogen) atoms. The molecule has 2 radical (unpaired) electrons. The highest BCUT2D eigenvalue weighted by Crippen LogP contribution is 2.14. The van der Waals surface area contributed by atoms with Gasteiger partial charge >= 0.3 is 0 Å². The predicted molar refractivity (Wildman–Crippen MR) is 121 cm³/mol. The fraction of sp³-hybridized carbons (Fsp3) is 0.846. The third-order valence-corrected chi connectivity index (χ3v) is 5.41. The molecule has 0 aliphatic rings. The molecule has 0 aromatic heterocycles. The maximum Gasteiger partial charge on any atom is -0.0351 e. The quantitative estimate of drug-likeness (QED) is 0.133. The number of unbranched alkanes of at least 4 members (excludes halogenated alkanes) is 20. The Labute approximate surface area is 167 Å². The van der Waals surface area contributed by atoms with Gasteiger partial charge < -0.3 is 0 Å². The van der Waals surface area contributed by atoms with Crippen LogP contribution in [0.5, 0.6) is 0 Å². The maximum absolute atomic E-state index is 3.91. The molecule has 154 valence electrons. The standard InChI is InChI=1S/C26H50/c1-3-5-7-9-11-13-15-17-19-21-23-25-26-24-22-20-18-16-14-12-10-8-6-4-2/h13,15H,1-12,14,16-26H2/b15-13+. The van der Waals surface area contributed by atoms with Crippen molar-refractivity contribution in [2.45, 2.75) is 141 Å². The van der Waals surface area contributed by atoms with Crippen LogP contribution in [-0.2, 0) is 0 Å². The van der Waals surface area contributed by atoms with Gasteiger partial charge in [-0.2, -0.15) is 0 Å². The van der Waals surface area contributed by atoms with Gasteiger partial charge in [0, 0.05) is 0 Å². The first-order valence-electron chi connectivity index (χ1n) is 12.1. The van der Waals surface area contributed by atoms with Crippen LogP contribution in [0.3, 0.4) is 0 Å². The van der Waals surface area contributed by atoms with Crippen molar-refractivity contribution >= 4 is 0 Å². The largest absolute Gasteiger partial charge is 0.0885 e. The van der Waals surface area contributed by atoms with E-state index in [0.29, 0.717) is 0 Å². The molecule has 0 aliphatic carbocycles. The summed E-state index contributed by atoms with van der Waals surface area (Å²) in [6, 6.07) is 0. The minimum absolute atomic E-state index is 1.10. The Balaban J connectivity index is 3.01. The van der Waals surface area contributed by atoms with Crippen LogP contribution in [0.25, 0.3) is 0 Å². The molecule has 0 spiro atoms. The average molecular weight is 363 g/mol. The molecule has 0 rings (SSSR count). The van der Waals surface area contributed by atoms with Crippen LogP contribution in [0, 0.1) is 13.8 Å². The van der Waals surface area contributed by atoms with E-state index in [-0.39, 0.29) is 0 Å². The molecule has 0 fully saturated rings. The van der Waals surface area contributed by atoms with Gasteiger partial charge in [-0.15, -0.1) is 0 Å². The van der Waals surface area contributed by atoms with Crippen LogP contribution in [0.15, 0.2) is 12.2 Å². The summed E-state index contributed by atoms with van der Waals surface area (Å²) in [6.45, 7) is 7.80. The van der Waals surface area contributed by atoms with Crippen LogP contribution in [0.4, 0.5) is 0 Å². The molecular formula is C26H50. The third kappa shape index (κ3) is 23.7. The molecule has 0 N–H and O–H groups in total. The lowest BCUT2D eigenvalue weighted by Crippen LogP contribution is -1.83. The van der Waals surface area contributed by atoms with Gasteiger partial charge in [0.25, 0.3) is 0 Å². The molecule has 0 heteroatoms. The summed E-state index contributed by atoms with van der Waals surface area (Å²) in [6.07, 6.45) is 35.2. The molecule has 0 unspecified atom stereocenters. The van der Waals surface area contributed by atoms with Gasteiger partial charge in [0.2, 0.25) is 0 Å². The molecule has 0 bridgehead atoms. The third-order valence-electron chi connectivity index (χ3n) is 5.41. The van der Waals surface area contributed by atoms with Crippen molar-refractivity contribution in [3.63, 3.8) is 0 Å².